The molecule has 0 spiro atoms. The molecule has 88 valence electrons. The minimum Gasteiger partial charge on any atom is -0.363 e. The zero-order chi connectivity index (χ0) is 11.6. The molecule has 1 fully saturated rings. The van der Waals surface area contributed by atoms with Gasteiger partial charge in [-0.3, -0.25) is 9.78 Å². The van der Waals surface area contributed by atoms with E-state index in [2.05, 4.69) is 27.4 Å². The van der Waals surface area contributed by atoms with E-state index < -0.39 is 11.2 Å². The summed E-state index contributed by atoms with van der Waals surface area (Å²) in [5.74, 6) is 0.196. The van der Waals surface area contributed by atoms with E-state index in [0.717, 1.165) is 13.0 Å². The van der Waals surface area contributed by atoms with E-state index in [4.69, 9.17) is 0 Å². The molecule has 0 radical (unpaired) electrons. The standard InChI is InChI=1S/C10H16N4O2/c1-2-3-10(4-5-10)6-11-7-8(15)12-9(16)14-13-7/h2-6H2,1H3,(H,11,13)(H2,12,14,15,16). The lowest BCUT2D eigenvalue weighted by molar-refractivity contribution is 0.484. The molecule has 0 aliphatic heterocycles. The van der Waals surface area contributed by atoms with Crippen molar-refractivity contribution in [3.63, 3.8) is 0 Å². The zero-order valence-electron chi connectivity index (χ0n) is 9.30. The van der Waals surface area contributed by atoms with Crippen LogP contribution in [0.4, 0.5) is 5.82 Å². The summed E-state index contributed by atoms with van der Waals surface area (Å²) in [4.78, 5) is 24.2. The van der Waals surface area contributed by atoms with Gasteiger partial charge in [0.2, 0.25) is 5.82 Å². The molecule has 0 unspecified atom stereocenters. The first-order valence-corrected chi connectivity index (χ1v) is 5.58. The van der Waals surface area contributed by atoms with Crippen molar-refractivity contribution >= 4 is 5.82 Å². The maximum absolute atomic E-state index is 11.3. The quantitative estimate of drug-likeness (QED) is 0.677. The molecule has 6 nitrogen and oxygen atoms in total. The van der Waals surface area contributed by atoms with Gasteiger partial charge < -0.3 is 5.32 Å². The van der Waals surface area contributed by atoms with Crippen LogP contribution in [0.15, 0.2) is 9.59 Å². The molecular formula is C10H16N4O2. The predicted octanol–water partition coefficient (Wildman–Crippen LogP) is 0.450. The molecule has 2 rings (SSSR count). The lowest BCUT2D eigenvalue weighted by Crippen LogP contribution is -2.28. The van der Waals surface area contributed by atoms with Crippen LogP contribution in [0.2, 0.25) is 0 Å². The lowest BCUT2D eigenvalue weighted by Gasteiger charge is -2.14. The average molecular weight is 224 g/mol. The van der Waals surface area contributed by atoms with Crippen molar-refractivity contribution in [1.82, 2.24) is 15.2 Å². The van der Waals surface area contributed by atoms with Crippen molar-refractivity contribution in [2.45, 2.75) is 32.6 Å². The van der Waals surface area contributed by atoms with Crippen LogP contribution in [0.25, 0.3) is 0 Å². The van der Waals surface area contributed by atoms with E-state index in [-0.39, 0.29) is 5.82 Å². The van der Waals surface area contributed by atoms with Crippen LogP contribution in [0, 0.1) is 5.41 Å². The molecule has 1 heterocycles. The third-order valence-corrected chi connectivity index (χ3v) is 3.08. The Labute approximate surface area is 92.5 Å². The number of aromatic nitrogens is 3. The molecule has 6 heteroatoms. The summed E-state index contributed by atoms with van der Waals surface area (Å²) in [5, 5.41) is 8.88. The van der Waals surface area contributed by atoms with Gasteiger partial charge in [0.1, 0.15) is 0 Å². The number of anilines is 1. The Morgan fingerprint density at radius 3 is 2.75 bits per heavy atom. The van der Waals surface area contributed by atoms with Gasteiger partial charge in [0.05, 0.1) is 0 Å². The molecule has 0 bridgehead atoms. The van der Waals surface area contributed by atoms with Crippen LogP contribution >= 0.6 is 0 Å². The number of nitrogens with one attached hydrogen (secondary N) is 3. The largest absolute Gasteiger partial charge is 0.363 e. The highest BCUT2D eigenvalue weighted by atomic mass is 16.2. The molecule has 0 atom stereocenters. The van der Waals surface area contributed by atoms with E-state index in [1.165, 1.54) is 19.3 Å². The second-order valence-corrected chi connectivity index (χ2v) is 4.46. The van der Waals surface area contributed by atoms with Crippen LogP contribution in [-0.4, -0.2) is 21.7 Å². The van der Waals surface area contributed by atoms with Crippen molar-refractivity contribution in [2.75, 3.05) is 11.9 Å². The highest BCUT2D eigenvalue weighted by Gasteiger charge is 2.41. The van der Waals surface area contributed by atoms with Crippen molar-refractivity contribution in [3.8, 4) is 0 Å². The fourth-order valence-corrected chi connectivity index (χ4v) is 1.96. The minimum atomic E-state index is -0.578. The van der Waals surface area contributed by atoms with Crippen LogP contribution in [0.5, 0.6) is 0 Å². The van der Waals surface area contributed by atoms with Gasteiger partial charge >= 0.3 is 5.69 Å². The van der Waals surface area contributed by atoms with E-state index in [1.807, 2.05) is 0 Å². The van der Waals surface area contributed by atoms with Gasteiger partial charge in [-0.25, -0.2) is 9.89 Å². The first kappa shape index (κ1) is 10.9. The molecule has 1 aliphatic carbocycles. The molecule has 0 saturated heterocycles. The van der Waals surface area contributed by atoms with Gasteiger partial charge in [0, 0.05) is 6.54 Å². The third-order valence-electron chi connectivity index (χ3n) is 3.08. The fraction of sp³-hybridized carbons (Fsp3) is 0.700. The Kier molecular flexibility index (Phi) is 2.80. The highest BCUT2D eigenvalue weighted by molar-refractivity contribution is 5.29. The van der Waals surface area contributed by atoms with Crippen molar-refractivity contribution in [1.29, 1.82) is 0 Å². The first-order chi connectivity index (χ1) is 7.65. The molecule has 1 aromatic rings. The first-order valence-electron chi connectivity index (χ1n) is 5.58. The van der Waals surface area contributed by atoms with Crippen molar-refractivity contribution < 1.29 is 0 Å². The summed E-state index contributed by atoms with van der Waals surface area (Å²) >= 11 is 0. The summed E-state index contributed by atoms with van der Waals surface area (Å²) in [7, 11) is 0. The second kappa shape index (κ2) is 4.11. The van der Waals surface area contributed by atoms with Gasteiger partial charge in [-0.2, -0.15) is 0 Å². The molecule has 1 aliphatic rings. The Morgan fingerprint density at radius 2 is 2.19 bits per heavy atom. The van der Waals surface area contributed by atoms with Gasteiger partial charge in [-0.15, -0.1) is 5.10 Å². The molecule has 0 amide bonds. The molecule has 0 aromatic carbocycles. The van der Waals surface area contributed by atoms with E-state index in [0.29, 0.717) is 5.41 Å². The highest BCUT2D eigenvalue weighted by Crippen LogP contribution is 2.49. The maximum Gasteiger partial charge on any atom is 0.342 e. The number of nitrogens with zero attached hydrogens (tertiary/aromatic N) is 1. The molecule has 16 heavy (non-hydrogen) atoms. The summed E-state index contributed by atoms with van der Waals surface area (Å²) in [6.07, 6.45) is 4.72. The number of aromatic amines is 2. The number of hydrogen-bond donors (Lipinski definition) is 3. The summed E-state index contributed by atoms with van der Waals surface area (Å²) in [6, 6.07) is 0. The Morgan fingerprint density at radius 1 is 1.44 bits per heavy atom. The van der Waals surface area contributed by atoms with Gasteiger partial charge in [-0.05, 0) is 24.7 Å². The van der Waals surface area contributed by atoms with Crippen molar-refractivity contribution in [2.24, 2.45) is 5.41 Å². The summed E-state index contributed by atoms with van der Waals surface area (Å²) < 4.78 is 0. The molecule has 1 aromatic heterocycles. The molecule has 1 saturated carbocycles. The maximum atomic E-state index is 11.3. The zero-order valence-corrected chi connectivity index (χ0v) is 9.30. The van der Waals surface area contributed by atoms with E-state index in [1.54, 1.807) is 0 Å². The van der Waals surface area contributed by atoms with Crippen LogP contribution in [0.1, 0.15) is 32.6 Å². The molecule has 3 N–H and O–H groups in total. The Hall–Kier alpha value is -1.59. The van der Waals surface area contributed by atoms with E-state index >= 15 is 0 Å². The molecular weight excluding hydrogens is 208 g/mol. The van der Waals surface area contributed by atoms with E-state index in [9.17, 15) is 9.59 Å². The smallest absolute Gasteiger partial charge is 0.342 e. The van der Waals surface area contributed by atoms with Crippen LogP contribution in [0.3, 0.4) is 0 Å². The monoisotopic (exact) mass is 224 g/mol. The number of H-pyrrole nitrogens is 2. The second-order valence-electron chi connectivity index (χ2n) is 4.46. The van der Waals surface area contributed by atoms with Crippen LogP contribution in [-0.2, 0) is 0 Å². The number of hydrogen-bond acceptors (Lipinski definition) is 4. The Bertz CT molecular complexity index is 472. The summed E-state index contributed by atoms with van der Waals surface area (Å²) in [5.41, 5.74) is -0.694. The average Bonchev–Trinajstić information content (AvgIpc) is 2.98. The predicted molar refractivity (Wildman–Crippen MR) is 60.5 cm³/mol. The Balaban J connectivity index is 2.00. The van der Waals surface area contributed by atoms with Gasteiger partial charge in [0.25, 0.3) is 5.56 Å². The topological polar surface area (TPSA) is 90.6 Å². The summed E-state index contributed by atoms with van der Waals surface area (Å²) in [6.45, 7) is 2.91. The third kappa shape index (κ3) is 2.32. The van der Waals surface area contributed by atoms with Gasteiger partial charge in [0.15, 0.2) is 0 Å². The SMILES string of the molecule is CCCC1(CNc2n[nH]c(=O)[nH]c2=O)CC1. The van der Waals surface area contributed by atoms with Crippen LogP contribution < -0.4 is 16.6 Å². The lowest BCUT2D eigenvalue weighted by atomic mass is 10.0. The fourth-order valence-electron chi connectivity index (χ4n) is 1.96. The van der Waals surface area contributed by atoms with Gasteiger partial charge in [-0.1, -0.05) is 13.3 Å². The normalized spacial score (nSPS) is 17.1. The minimum absolute atomic E-state index is 0.196. The van der Waals surface area contributed by atoms with Crippen molar-refractivity contribution in [3.05, 3.63) is 20.8 Å². The number of rotatable bonds is 5.